The summed E-state index contributed by atoms with van der Waals surface area (Å²) in [7, 11) is 0. The first-order valence-electron chi connectivity index (χ1n) is 5.20. The minimum Gasteiger partial charge on any atom is -0.457 e. The van der Waals surface area contributed by atoms with E-state index in [1.54, 1.807) is 6.07 Å². The molecule has 0 bridgehead atoms. The van der Waals surface area contributed by atoms with Crippen LogP contribution in [0.15, 0.2) is 42.5 Å². The monoisotopic (exact) mass is 284 g/mol. The van der Waals surface area contributed by atoms with Crippen LogP contribution in [0.5, 0.6) is 11.5 Å². The van der Waals surface area contributed by atoms with Gasteiger partial charge in [0.25, 0.3) is 0 Å². The van der Waals surface area contributed by atoms with Gasteiger partial charge in [-0.2, -0.15) is 0 Å². The SMILES string of the molecule is Cc1cc(Cl)ccc1Oc1ccc(NN)cc1.Cl. The number of hydrazine groups is 1. The van der Waals surface area contributed by atoms with Crippen LogP contribution in [-0.2, 0) is 0 Å². The average molecular weight is 285 g/mol. The normalized spacial score (nSPS) is 9.50. The van der Waals surface area contributed by atoms with E-state index in [9.17, 15) is 0 Å². The van der Waals surface area contributed by atoms with Crippen molar-refractivity contribution in [3.8, 4) is 11.5 Å². The molecule has 3 N–H and O–H groups in total. The van der Waals surface area contributed by atoms with E-state index in [-0.39, 0.29) is 12.4 Å². The van der Waals surface area contributed by atoms with Crippen molar-refractivity contribution in [1.29, 1.82) is 0 Å². The van der Waals surface area contributed by atoms with E-state index in [1.807, 2.05) is 43.3 Å². The summed E-state index contributed by atoms with van der Waals surface area (Å²) in [5.41, 5.74) is 4.40. The standard InChI is InChI=1S/C13H13ClN2O.ClH/c1-9-8-10(14)2-7-13(9)17-12-5-3-11(16-15)4-6-12;/h2-8,16H,15H2,1H3;1H. The van der Waals surface area contributed by atoms with E-state index in [0.717, 1.165) is 22.7 Å². The number of nitrogen functional groups attached to an aromatic ring is 1. The van der Waals surface area contributed by atoms with Gasteiger partial charge in [-0.3, -0.25) is 5.84 Å². The van der Waals surface area contributed by atoms with E-state index in [1.165, 1.54) is 0 Å². The molecule has 0 radical (unpaired) electrons. The zero-order valence-electron chi connectivity index (χ0n) is 9.81. The molecule has 0 heterocycles. The molecule has 0 saturated carbocycles. The second-order valence-corrected chi connectivity index (χ2v) is 4.12. The molecule has 0 aromatic heterocycles. The van der Waals surface area contributed by atoms with E-state index in [4.69, 9.17) is 22.2 Å². The Morgan fingerprint density at radius 3 is 2.33 bits per heavy atom. The Kier molecular flexibility index (Phi) is 5.28. The van der Waals surface area contributed by atoms with E-state index in [0.29, 0.717) is 5.02 Å². The van der Waals surface area contributed by atoms with Crippen LogP contribution in [0.1, 0.15) is 5.56 Å². The smallest absolute Gasteiger partial charge is 0.130 e. The fourth-order valence-corrected chi connectivity index (χ4v) is 1.70. The predicted octanol–water partition coefficient (Wildman–Crippen LogP) is 4.15. The van der Waals surface area contributed by atoms with Gasteiger partial charge in [-0.05, 0) is 55.0 Å². The number of nitrogens with one attached hydrogen (secondary N) is 1. The number of aryl methyl sites for hydroxylation is 1. The van der Waals surface area contributed by atoms with Crippen molar-refractivity contribution in [1.82, 2.24) is 0 Å². The Hall–Kier alpha value is -1.42. The average Bonchev–Trinajstić information content (AvgIpc) is 2.34. The molecule has 18 heavy (non-hydrogen) atoms. The molecule has 0 unspecified atom stereocenters. The molecular weight excluding hydrogens is 271 g/mol. The zero-order chi connectivity index (χ0) is 12.3. The summed E-state index contributed by atoms with van der Waals surface area (Å²) in [4.78, 5) is 0. The fraction of sp³-hybridized carbons (Fsp3) is 0.0769. The van der Waals surface area contributed by atoms with Crippen LogP contribution >= 0.6 is 24.0 Å². The summed E-state index contributed by atoms with van der Waals surface area (Å²) < 4.78 is 5.74. The highest BCUT2D eigenvalue weighted by Gasteiger charge is 2.02. The first-order chi connectivity index (χ1) is 8.19. The Morgan fingerprint density at radius 1 is 1.11 bits per heavy atom. The van der Waals surface area contributed by atoms with Gasteiger partial charge in [0.2, 0.25) is 0 Å². The zero-order valence-corrected chi connectivity index (χ0v) is 11.4. The third kappa shape index (κ3) is 3.53. The highest BCUT2D eigenvalue weighted by atomic mass is 35.5. The summed E-state index contributed by atoms with van der Waals surface area (Å²) >= 11 is 5.88. The van der Waals surface area contributed by atoms with Gasteiger partial charge >= 0.3 is 0 Å². The van der Waals surface area contributed by atoms with Crippen molar-refractivity contribution in [2.45, 2.75) is 6.92 Å². The van der Waals surface area contributed by atoms with Crippen LogP contribution in [0.2, 0.25) is 5.02 Å². The topological polar surface area (TPSA) is 47.3 Å². The minimum absolute atomic E-state index is 0. The van der Waals surface area contributed by atoms with Gasteiger partial charge in [-0.25, -0.2) is 0 Å². The number of anilines is 1. The predicted molar refractivity (Wildman–Crippen MR) is 77.8 cm³/mol. The molecule has 0 atom stereocenters. The highest BCUT2D eigenvalue weighted by Crippen LogP contribution is 2.27. The van der Waals surface area contributed by atoms with Crippen molar-refractivity contribution in [3.05, 3.63) is 53.1 Å². The molecule has 0 aliphatic heterocycles. The van der Waals surface area contributed by atoms with Gasteiger partial charge in [-0.15, -0.1) is 12.4 Å². The summed E-state index contributed by atoms with van der Waals surface area (Å²) in [6.45, 7) is 1.96. The van der Waals surface area contributed by atoms with Gasteiger partial charge in [-0.1, -0.05) is 11.6 Å². The van der Waals surface area contributed by atoms with Crippen LogP contribution in [0.4, 0.5) is 5.69 Å². The van der Waals surface area contributed by atoms with Crippen LogP contribution in [-0.4, -0.2) is 0 Å². The second-order valence-electron chi connectivity index (χ2n) is 3.68. The number of hydrogen-bond donors (Lipinski definition) is 2. The Labute approximate surface area is 117 Å². The largest absolute Gasteiger partial charge is 0.457 e. The molecule has 0 fully saturated rings. The van der Waals surface area contributed by atoms with Crippen molar-refractivity contribution in [2.24, 2.45) is 5.84 Å². The molecule has 0 amide bonds. The van der Waals surface area contributed by atoms with Crippen LogP contribution < -0.4 is 16.0 Å². The lowest BCUT2D eigenvalue weighted by atomic mass is 10.2. The van der Waals surface area contributed by atoms with Gasteiger partial charge in [0.05, 0.1) is 0 Å². The molecule has 2 rings (SSSR count). The highest BCUT2D eigenvalue weighted by molar-refractivity contribution is 6.30. The number of benzene rings is 2. The Morgan fingerprint density at radius 2 is 1.78 bits per heavy atom. The summed E-state index contributed by atoms with van der Waals surface area (Å²) in [5.74, 6) is 6.84. The maximum Gasteiger partial charge on any atom is 0.130 e. The number of nitrogens with two attached hydrogens (primary N) is 1. The van der Waals surface area contributed by atoms with E-state index in [2.05, 4.69) is 5.43 Å². The van der Waals surface area contributed by atoms with Crippen LogP contribution in [0.25, 0.3) is 0 Å². The second kappa shape index (κ2) is 6.50. The molecule has 0 saturated heterocycles. The maximum atomic E-state index is 5.88. The van der Waals surface area contributed by atoms with Crippen LogP contribution in [0, 0.1) is 6.92 Å². The maximum absolute atomic E-state index is 5.88. The van der Waals surface area contributed by atoms with Gasteiger partial charge in [0.15, 0.2) is 0 Å². The lowest BCUT2D eigenvalue weighted by Crippen LogP contribution is -2.05. The number of hydrogen-bond acceptors (Lipinski definition) is 3. The van der Waals surface area contributed by atoms with Crippen molar-refractivity contribution in [3.63, 3.8) is 0 Å². The lowest BCUT2D eigenvalue weighted by molar-refractivity contribution is 0.479. The van der Waals surface area contributed by atoms with Gasteiger partial charge < -0.3 is 10.2 Å². The van der Waals surface area contributed by atoms with E-state index >= 15 is 0 Å². The van der Waals surface area contributed by atoms with E-state index < -0.39 is 0 Å². The van der Waals surface area contributed by atoms with Crippen molar-refractivity contribution >= 4 is 29.7 Å². The summed E-state index contributed by atoms with van der Waals surface area (Å²) in [6, 6.07) is 12.9. The molecule has 2 aromatic rings. The Balaban J connectivity index is 0.00000162. The molecule has 0 spiro atoms. The molecule has 0 aliphatic carbocycles. The molecule has 96 valence electrons. The van der Waals surface area contributed by atoms with Gasteiger partial charge in [0.1, 0.15) is 11.5 Å². The minimum atomic E-state index is 0. The van der Waals surface area contributed by atoms with Crippen LogP contribution in [0.3, 0.4) is 0 Å². The number of rotatable bonds is 3. The third-order valence-electron chi connectivity index (χ3n) is 2.39. The summed E-state index contributed by atoms with van der Waals surface area (Å²) in [5, 5.41) is 0.706. The molecular formula is C13H14Cl2N2O. The van der Waals surface area contributed by atoms with Gasteiger partial charge in [0, 0.05) is 10.7 Å². The molecule has 2 aromatic carbocycles. The summed E-state index contributed by atoms with van der Waals surface area (Å²) in [6.07, 6.45) is 0. The number of halogens is 2. The first-order valence-corrected chi connectivity index (χ1v) is 5.57. The molecule has 5 heteroatoms. The van der Waals surface area contributed by atoms with Crippen molar-refractivity contribution in [2.75, 3.05) is 5.43 Å². The lowest BCUT2D eigenvalue weighted by Gasteiger charge is -2.09. The quantitative estimate of drug-likeness (QED) is 0.658. The fourth-order valence-electron chi connectivity index (χ4n) is 1.47. The van der Waals surface area contributed by atoms with Crippen molar-refractivity contribution < 1.29 is 4.74 Å². The third-order valence-corrected chi connectivity index (χ3v) is 2.62. The first kappa shape index (κ1) is 14.6. The number of ether oxygens (including phenoxy) is 1. The molecule has 3 nitrogen and oxygen atoms in total. The molecule has 0 aliphatic rings. The Bertz CT molecular complexity index is 515.